The first-order valence-corrected chi connectivity index (χ1v) is 7.80. The first kappa shape index (κ1) is 17.0. The summed E-state index contributed by atoms with van der Waals surface area (Å²) in [6, 6.07) is 3.38. The first-order chi connectivity index (χ1) is 10.9. The van der Waals surface area contributed by atoms with Crippen molar-refractivity contribution < 1.29 is 31.5 Å². The molecule has 1 aromatic heterocycles. The summed E-state index contributed by atoms with van der Waals surface area (Å²) in [5, 5.41) is 3.53. The van der Waals surface area contributed by atoms with Crippen molar-refractivity contribution >= 4 is 10.0 Å². The minimum Gasteiger partial charge on any atom is -0.493 e. The van der Waals surface area contributed by atoms with Gasteiger partial charge in [-0.05, 0) is 5.16 Å². The maximum absolute atomic E-state index is 14.0. The van der Waals surface area contributed by atoms with E-state index in [-0.39, 0.29) is 29.7 Å². The van der Waals surface area contributed by atoms with Crippen LogP contribution in [0.1, 0.15) is 5.76 Å². The van der Waals surface area contributed by atoms with E-state index in [1.807, 2.05) is 0 Å². The van der Waals surface area contributed by atoms with Crippen molar-refractivity contribution in [2.75, 3.05) is 21.3 Å². The molecule has 1 aromatic carbocycles. The molecule has 1 N–H and O–H groups in total. The number of sulfonamides is 1. The molecule has 126 valence electrons. The molecular formula is C13H15FN2O6S. The summed E-state index contributed by atoms with van der Waals surface area (Å²) in [4.78, 5) is -0.568. The van der Waals surface area contributed by atoms with Gasteiger partial charge in [-0.1, -0.05) is 0 Å². The summed E-state index contributed by atoms with van der Waals surface area (Å²) in [6.45, 7) is -0.216. The topological polar surface area (TPSA) is 99.9 Å². The molecule has 0 saturated heterocycles. The predicted molar refractivity (Wildman–Crippen MR) is 76.6 cm³/mol. The Morgan fingerprint density at radius 2 is 1.78 bits per heavy atom. The van der Waals surface area contributed by atoms with E-state index in [0.717, 1.165) is 12.1 Å². The third-order valence-corrected chi connectivity index (χ3v) is 4.33. The molecule has 0 aliphatic rings. The number of rotatable bonds is 7. The molecule has 0 atom stereocenters. The van der Waals surface area contributed by atoms with E-state index < -0.39 is 20.7 Å². The van der Waals surface area contributed by atoms with E-state index in [0.29, 0.717) is 0 Å². The Hall–Kier alpha value is -2.33. The van der Waals surface area contributed by atoms with E-state index in [1.165, 1.54) is 27.4 Å². The Bertz CT molecular complexity index is 790. The maximum Gasteiger partial charge on any atom is 0.254 e. The normalized spacial score (nSPS) is 11.3. The molecule has 0 bridgehead atoms. The Balaban J connectivity index is 2.25. The Labute approximate surface area is 132 Å². The van der Waals surface area contributed by atoms with E-state index >= 15 is 0 Å². The van der Waals surface area contributed by atoms with Crippen molar-refractivity contribution in [1.29, 1.82) is 0 Å². The quantitative estimate of drug-likeness (QED) is 0.807. The van der Waals surface area contributed by atoms with Gasteiger partial charge in [0.2, 0.25) is 10.0 Å². The van der Waals surface area contributed by atoms with E-state index in [1.54, 1.807) is 0 Å². The number of benzene rings is 1. The standard InChI is InChI=1S/C13H15FN2O6S/c1-19-10-5-9(14)12(6-11(10)20-2)23(17,18)15-7-8-4-13(21-3)16-22-8/h4-6,15H,7H2,1-3H3. The van der Waals surface area contributed by atoms with Gasteiger partial charge in [0.15, 0.2) is 17.3 Å². The van der Waals surface area contributed by atoms with Gasteiger partial charge in [0, 0.05) is 18.2 Å². The molecule has 0 fully saturated rings. The van der Waals surface area contributed by atoms with Crippen molar-refractivity contribution in [1.82, 2.24) is 9.88 Å². The fourth-order valence-electron chi connectivity index (χ4n) is 1.76. The molecule has 10 heteroatoms. The zero-order valence-electron chi connectivity index (χ0n) is 12.6. The highest BCUT2D eigenvalue weighted by Crippen LogP contribution is 2.31. The predicted octanol–water partition coefficient (Wildman–Crippen LogP) is 1.32. The molecule has 0 radical (unpaired) electrons. The number of nitrogens with zero attached hydrogens (tertiary/aromatic N) is 1. The first-order valence-electron chi connectivity index (χ1n) is 6.32. The summed E-state index contributed by atoms with van der Waals surface area (Å²) in [6.07, 6.45) is 0. The van der Waals surface area contributed by atoms with Crippen molar-refractivity contribution in [3.63, 3.8) is 0 Å². The zero-order valence-corrected chi connectivity index (χ0v) is 13.4. The average molecular weight is 346 g/mol. The van der Waals surface area contributed by atoms with Crippen LogP contribution in [0.2, 0.25) is 0 Å². The second kappa shape index (κ2) is 6.84. The number of aromatic nitrogens is 1. The molecule has 0 aliphatic heterocycles. The highest BCUT2D eigenvalue weighted by Gasteiger charge is 2.23. The lowest BCUT2D eigenvalue weighted by Gasteiger charge is -2.11. The van der Waals surface area contributed by atoms with Gasteiger partial charge >= 0.3 is 0 Å². The number of nitrogens with one attached hydrogen (secondary N) is 1. The largest absolute Gasteiger partial charge is 0.493 e. The number of halogens is 1. The SMILES string of the molecule is COc1cc(CNS(=O)(=O)c2cc(OC)c(OC)cc2F)on1. The molecule has 0 saturated carbocycles. The minimum absolute atomic E-state index is 0.0870. The fraction of sp³-hybridized carbons (Fsp3) is 0.308. The summed E-state index contributed by atoms with van der Waals surface area (Å²) in [5.41, 5.74) is 0. The molecule has 0 spiro atoms. The molecule has 2 aromatic rings. The van der Waals surface area contributed by atoms with Crippen LogP contribution < -0.4 is 18.9 Å². The van der Waals surface area contributed by atoms with E-state index in [2.05, 4.69) is 9.88 Å². The average Bonchev–Trinajstić information content (AvgIpc) is 3.00. The van der Waals surface area contributed by atoms with Gasteiger partial charge in [0.1, 0.15) is 10.7 Å². The lowest BCUT2D eigenvalue weighted by molar-refractivity contribution is 0.325. The highest BCUT2D eigenvalue weighted by molar-refractivity contribution is 7.89. The van der Waals surface area contributed by atoms with Gasteiger partial charge in [-0.15, -0.1) is 0 Å². The van der Waals surface area contributed by atoms with Crippen molar-refractivity contribution in [3.05, 3.63) is 29.8 Å². The molecule has 2 rings (SSSR count). The maximum atomic E-state index is 14.0. The molecule has 1 heterocycles. The third kappa shape index (κ3) is 3.71. The summed E-state index contributed by atoms with van der Waals surface area (Å²) in [5.74, 6) is -0.368. The van der Waals surface area contributed by atoms with Crippen LogP contribution in [-0.2, 0) is 16.6 Å². The van der Waals surface area contributed by atoms with Gasteiger partial charge in [-0.3, -0.25) is 0 Å². The van der Waals surface area contributed by atoms with Crippen molar-refractivity contribution in [3.8, 4) is 17.4 Å². The Morgan fingerprint density at radius 1 is 1.13 bits per heavy atom. The monoisotopic (exact) mass is 346 g/mol. The van der Waals surface area contributed by atoms with Gasteiger partial charge in [0.25, 0.3) is 5.88 Å². The number of hydrogen-bond acceptors (Lipinski definition) is 7. The fourth-order valence-corrected chi connectivity index (χ4v) is 2.82. The summed E-state index contributed by atoms with van der Waals surface area (Å²) in [7, 11) is -0.0994. The van der Waals surface area contributed by atoms with Crippen LogP contribution in [0.25, 0.3) is 0 Å². The molecule has 0 aliphatic carbocycles. The van der Waals surface area contributed by atoms with Crippen molar-refractivity contribution in [2.24, 2.45) is 0 Å². The number of methoxy groups -OCH3 is 3. The van der Waals surface area contributed by atoms with E-state index in [4.69, 9.17) is 18.7 Å². The van der Waals surface area contributed by atoms with Crippen LogP contribution in [0, 0.1) is 5.82 Å². The van der Waals surface area contributed by atoms with E-state index in [9.17, 15) is 12.8 Å². The highest BCUT2D eigenvalue weighted by atomic mass is 32.2. The van der Waals surface area contributed by atoms with Crippen LogP contribution in [0.5, 0.6) is 17.4 Å². The second-order valence-electron chi connectivity index (χ2n) is 4.30. The smallest absolute Gasteiger partial charge is 0.254 e. The Morgan fingerprint density at radius 3 is 2.35 bits per heavy atom. The van der Waals surface area contributed by atoms with Gasteiger partial charge in [-0.25, -0.2) is 17.5 Å². The van der Waals surface area contributed by atoms with Crippen LogP contribution in [-0.4, -0.2) is 34.9 Å². The van der Waals surface area contributed by atoms with Crippen LogP contribution in [0.3, 0.4) is 0 Å². The molecule has 8 nitrogen and oxygen atoms in total. The van der Waals surface area contributed by atoms with Crippen molar-refractivity contribution in [2.45, 2.75) is 11.4 Å². The van der Waals surface area contributed by atoms with Crippen LogP contribution >= 0.6 is 0 Å². The molecular weight excluding hydrogens is 331 g/mol. The molecule has 0 amide bonds. The zero-order chi connectivity index (χ0) is 17.0. The minimum atomic E-state index is -4.13. The molecule has 23 heavy (non-hydrogen) atoms. The van der Waals surface area contributed by atoms with Crippen LogP contribution in [0.15, 0.2) is 27.6 Å². The van der Waals surface area contributed by atoms with Gasteiger partial charge < -0.3 is 18.7 Å². The molecule has 0 unspecified atom stereocenters. The third-order valence-electron chi connectivity index (χ3n) is 2.91. The summed E-state index contributed by atoms with van der Waals surface area (Å²) < 4.78 is 60.2. The lowest BCUT2D eigenvalue weighted by atomic mass is 10.3. The summed E-state index contributed by atoms with van der Waals surface area (Å²) >= 11 is 0. The van der Waals surface area contributed by atoms with Gasteiger partial charge in [-0.2, -0.15) is 0 Å². The lowest BCUT2D eigenvalue weighted by Crippen LogP contribution is -2.24. The van der Waals surface area contributed by atoms with Gasteiger partial charge in [0.05, 0.1) is 27.9 Å². The Kier molecular flexibility index (Phi) is 5.06. The number of hydrogen-bond donors (Lipinski definition) is 1. The van der Waals surface area contributed by atoms with Crippen LogP contribution in [0.4, 0.5) is 4.39 Å². The second-order valence-corrected chi connectivity index (χ2v) is 6.03. The number of ether oxygens (including phenoxy) is 3.